The molecule has 0 fully saturated rings. The molecule has 0 amide bonds. The fourth-order valence-corrected chi connectivity index (χ4v) is 9.55. The molecule has 9 rings (SSSR count). The van der Waals surface area contributed by atoms with E-state index in [-0.39, 0.29) is 0 Å². The van der Waals surface area contributed by atoms with Crippen molar-refractivity contribution in [1.82, 2.24) is 0 Å². The summed E-state index contributed by atoms with van der Waals surface area (Å²) in [4.78, 5) is 4.72. The molecule has 8 aromatic rings. The van der Waals surface area contributed by atoms with E-state index in [0.717, 1.165) is 67.9 Å². The van der Waals surface area contributed by atoms with Crippen molar-refractivity contribution in [2.24, 2.45) is 0 Å². The van der Waals surface area contributed by atoms with Crippen LogP contribution in [0.2, 0.25) is 0 Å². The lowest BCUT2D eigenvalue weighted by Crippen LogP contribution is -2.30. The van der Waals surface area contributed by atoms with Crippen LogP contribution < -0.4 is 19.3 Å². The second-order valence-corrected chi connectivity index (χ2v) is 15.5. The summed E-state index contributed by atoms with van der Waals surface area (Å²) in [7, 11) is 3.53. The van der Waals surface area contributed by atoms with E-state index in [1.165, 1.54) is 33.4 Å². The molecule has 0 unspecified atom stereocenters. The topological polar surface area (TPSA) is 24.9 Å². The first kappa shape index (κ1) is 37.5. The van der Waals surface area contributed by atoms with Crippen LogP contribution in [0.15, 0.2) is 182 Å². The second kappa shape index (κ2) is 15.4. The summed E-state index contributed by atoms with van der Waals surface area (Å²) >= 11 is 0. The Kier molecular flexibility index (Phi) is 9.78. The van der Waals surface area contributed by atoms with E-state index in [9.17, 15) is 0 Å². The summed E-state index contributed by atoms with van der Waals surface area (Å²) in [6.45, 7) is 8.65. The van der Waals surface area contributed by atoms with E-state index < -0.39 is 5.41 Å². The lowest BCUT2D eigenvalue weighted by molar-refractivity contribution is 0.408. The molecule has 0 heterocycles. The number of aryl methyl sites for hydroxylation is 4. The number of rotatable bonds is 10. The summed E-state index contributed by atoms with van der Waals surface area (Å²) in [6.07, 6.45) is 0. The summed E-state index contributed by atoms with van der Waals surface area (Å²) < 4.78 is 12.0. The van der Waals surface area contributed by atoms with Crippen molar-refractivity contribution in [1.29, 1.82) is 0 Å². The number of benzene rings is 8. The van der Waals surface area contributed by atoms with Gasteiger partial charge in [0.15, 0.2) is 0 Å². The lowest BCUT2D eigenvalue weighted by Gasteiger charge is -2.37. The normalized spacial score (nSPS) is 12.4. The minimum absolute atomic E-state index is 0.738. The SMILES string of the molecule is COc1c(C)cc(C2(c3cc(C)c(OC)c(C)c3)c3cc(N(c4ccccc4)c4ccccc4)ccc3-c3ccc(N(c4ccccc4)c4ccccc4)cc32)cc1C. The third kappa shape index (κ3) is 6.33. The fraction of sp³-hybridized carbons (Fsp3) is 0.127. The van der Waals surface area contributed by atoms with E-state index >= 15 is 0 Å². The Hall–Kier alpha value is -7.04. The van der Waals surface area contributed by atoms with Crippen LogP contribution in [0.5, 0.6) is 11.5 Å². The minimum atomic E-state index is -0.738. The van der Waals surface area contributed by atoms with Crippen molar-refractivity contribution in [2.45, 2.75) is 33.1 Å². The number of hydrogen-bond donors (Lipinski definition) is 0. The Morgan fingerprint density at radius 3 is 0.898 bits per heavy atom. The maximum absolute atomic E-state index is 6.01. The Labute approximate surface area is 348 Å². The van der Waals surface area contributed by atoms with Gasteiger partial charge in [-0.2, -0.15) is 0 Å². The van der Waals surface area contributed by atoms with Gasteiger partial charge in [-0.15, -0.1) is 0 Å². The van der Waals surface area contributed by atoms with E-state index in [1.54, 1.807) is 14.2 Å². The van der Waals surface area contributed by atoms with Crippen molar-refractivity contribution < 1.29 is 9.47 Å². The quantitative estimate of drug-likeness (QED) is 0.138. The number of methoxy groups -OCH3 is 2. The maximum Gasteiger partial charge on any atom is 0.124 e. The molecule has 0 bridgehead atoms. The molecule has 0 saturated carbocycles. The Bertz CT molecular complexity index is 2460. The highest BCUT2D eigenvalue weighted by Gasteiger charge is 2.48. The van der Waals surface area contributed by atoms with Crippen LogP contribution in [0, 0.1) is 27.7 Å². The van der Waals surface area contributed by atoms with Gasteiger partial charge in [-0.3, -0.25) is 0 Å². The lowest BCUT2D eigenvalue weighted by atomic mass is 9.66. The molecule has 1 aliphatic rings. The molecular formula is C55H48N2O2. The first-order valence-electron chi connectivity index (χ1n) is 20.2. The molecule has 59 heavy (non-hydrogen) atoms. The van der Waals surface area contributed by atoms with Crippen LogP contribution in [-0.4, -0.2) is 14.2 Å². The molecule has 0 radical (unpaired) electrons. The van der Waals surface area contributed by atoms with E-state index in [1.807, 2.05) is 0 Å². The molecular weight excluding hydrogens is 721 g/mol. The van der Waals surface area contributed by atoms with Crippen molar-refractivity contribution in [3.63, 3.8) is 0 Å². The first-order valence-corrected chi connectivity index (χ1v) is 20.2. The van der Waals surface area contributed by atoms with Gasteiger partial charge in [0.25, 0.3) is 0 Å². The summed E-state index contributed by atoms with van der Waals surface area (Å²) in [5.74, 6) is 1.82. The van der Waals surface area contributed by atoms with Crippen LogP contribution in [0.4, 0.5) is 34.1 Å². The van der Waals surface area contributed by atoms with Gasteiger partial charge in [-0.25, -0.2) is 0 Å². The van der Waals surface area contributed by atoms with E-state index in [4.69, 9.17) is 9.47 Å². The Morgan fingerprint density at radius 2 is 0.627 bits per heavy atom. The monoisotopic (exact) mass is 768 g/mol. The van der Waals surface area contributed by atoms with Gasteiger partial charge >= 0.3 is 0 Å². The van der Waals surface area contributed by atoms with Gasteiger partial charge in [0.05, 0.1) is 19.6 Å². The largest absolute Gasteiger partial charge is 0.496 e. The van der Waals surface area contributed by atoms with Gasteiger partial charge in [-0.1, -0.05) is 109 Å². The number of nitrogens with zero attached hydrogens (tertiary/aromatic N) is 2. The van der Waals surface area contributed by atoms with Gasteiger partial charge < -0.3 is 19.3 Å². The standard InChI is InChI=1S/C55H48N2O2/c1-37-31-41(32-38(2)53(37)58-5)55(42-33-39(3)54(59-6)40(4)34-42)51-35-47(56(43-19-11-7-12-20-43)44-21-13-8-14-22-44)27-29-49(51)50-30-28-48(36-52(50)55)57(45-23-15-9-16-24-45)46-25-17-10-18-26-46/h7-36H,1-6H3. The zero-order valence-electron chi connectivity index (χ0n) is 34.5. The smallest absolute Gasteiger partial charge is 0.124 e. The van der Waals surface area contributed by atoms with Crippen LogP contribution in [0.1, 0.15) is 44.5 Å². The van der Waals surface area contributed by atoms with Gasteiger partial charge in [0.2, 0.25) is 0 Å². The molecule has 0 spiro atoms. The highest BCUT2D eigenvalue weighted by atomic mass is 16.5. The maximum atomic E-state index is 6.01. The van der Waals surface area contributed by atoms with Crippen molar-refractivity contribution in [3.05, 3.63) is 226 Å². The molecule has 4 nitrogen and oxygen atoms in total. The fourth-order valence-electron chi connectivity index (χ4n) is 9.55. The van der Waals surface area contributed by atoms with E-state index in [2.05, 4.69) is 219 Å². The molecule has 8 aromatic carbocycles. The van der Waals surface area contributed by atoms with Gasteiger partial charge in [-0.05, 0) is 156 Å². The molecule has 0 N–H and O–H groups in total. The zero-order valence-corrected chi connectivity index (χ0v) is 34.5. The number of para-hydroxylation sites is 4. The minimum Gasteiger partial charge on any atom is -0.496 e. The number of fused-ring (bicyclic) bond motifs is 3. The average Bonchev–Trinajstić information content (AvgIpc) is 3.55. The first-order chi connectivity index (χ1) is 28.8. The predicted octanol–water partition coefficient (Wildman–Crippen LogP) is 14.2. The van der Waals surface area contributed by atoms with Crippen LogP contribution in [0.25, 0.3) is 11.1 Å². The van der Waals surface area contributed by atoms with Gasteiger partial charge in [0.1, 0.15) is 11.5 Å². The Morgan fingerprint density at radius 1 is 0.339 bits per heavy atom. The molecule has 0 aromatic heterocycles. The number of anilines is 6. The molecule has 0 aliphatic heterocycles. The number of ether oxygens (including phenoxy) is 2. The van der Waals surface area contributed by atoms with Crippen molar-refractivity contribution in [3.8, 4) is 22.6 Å². The second-order valence-electron chi connectivity index (χ2n) is 15.5. The molecule has 4 heteroatoms. The van der Waals surface area contributed by atoms with Crippen molar-refractivity contribution in [2.75, 3.05) is 24.0 Å². The third-order valence-electron chi connectivity index (χ3n) is 11.9. The highest BCUT2D eigenvalue weighted by molar-refractivity contribution is 5.92. The summed E-state index contributed by atoms with van der Waals surface area (Å²) in [5, 5.41) is 0. The summed E-state index contributed by atoms with van der Waals surface area (Å²) in [5.41, 5.74) is 17.4. The predicted molar refractivity (Wildman–Crippen MR) is 245 cm³/mol. The zero-order chi connectivity index (χ0) is 40.7. The van der Waals surface area contributed by atoms with Gasteiger partial charge in [0, 0.05) is 34.1 Å². The van der Waals surface area contributed by atoms with E-state index in [0.29, 0.717) is 0 Å². The molecule has 1 aliphatic carbocycles. The molecule has 0 saturated heterocycles. The van der Waals surface area contributed by atoms with Crippen molar-refractivity contribution >= 4 is 34.1 Å². The number of hydrogen-bond acceptors (Lipinski definition) is 4. The third-order valence-corrected chi connectivity index (χ3v) is 11.9. The van der Waals surface area contributed by atoms with Crippen LogP contribution in [-0.2, 0) is 5.41 Å². The molecule has 0 atom stereocenters. The average molecular weight is 769 g/mol. The van der Waals surface area contributed by atoms with Crippen LogP contribution >= 0.6 is 0 Å². The molecule has 290 valence electrons. The summed E-state index contributed by atoms with van der Waals surface area (Å²) in [6, 6.07) is 66.1. The highest BCUT2D eigenvalue weighted by Crippen LogP contribution is 2.59. The van der Waals surface area contributed by atoms with Crippen LogP contribution in [0.3, 0.4) is 0 Å². The Balaban J connectivity index is 1.41.